The highest BCUT2D eigenvalue weighted by Crippen LogP contribution is 2.24. The average Bonchev–Trinajstić information content (AvgIpc) is 2.68. The lowest BCUT2D eigenvalue weighted by Crippen LogP contribution is -2.48. The zero-order chi connectivity index (χ0) is 21.2. The maximum atomic E-state index is 13.0. The average molecular weight is 415 g/mol. The Labute approximate surface area is 176 Å². The smallest absolute Gasteiger partial charge is 0.243 e. The second-order valence-corrected chi connectivity index (χ2v) is 11.3. The Morgan fingerprint density at radius 3 is 1.90 bits per heavy atom. The van der Waals surface area contributed by atoms with Gasteiger partial charge in [-0.2, -0.15) is 4.31 Å². The van der Waals surface area contributed by atoms with Gasteiger partial charge in [-0.15, -0.1) is 0 Å². The Morgan fingerprint density at radius 1 is 0.862 bits per heavy atom. The molecule has 0 amide bonds. The highest BCUT2D eigenvalue weighted by molar-refractivity contribution is 7.89. The zero-order valence-electron chi connectivity index (χ0n) is 18.4. The molecule has 1 fully saturated rings. The molecule has 158 valence electrons. The number of benzene rings is 2. The Balaban J connectivity index is 1.59. The van der Waals surface area contributed by atoms with Gasteiger partial charge in [0.15, 0.2) is 0 Å². The first kappa shape index (κ1) is 22.0. The summed E-state index contributed by atoms with van der Waals surface area (Å²) in [4.78, 5) is 2.73. The van der Waals surface area contributed by atoms with Crippen molar-refractivity contribution in [2.75, 3.05) is 26.2 Å². The van der Waals surface area contributed by atoms with Gasteiger partial charge in [0.05, 0.1) is 4.90 Å². The molecule has 0 aromatic heterocycles. The lowest BCUT2D eigenvalue weighted by Gasteiger charge is -2.34. The third-order valence-electron chi connectivity index (χ3n) is 5.74. The first-order chi connectivity index (χ1) is 13.6. The van der Waals surface area contributed by atoms with E-state index in [0.29, 0.717) is 23.9 Å². The number of sulfonamides is 1. The van der Waals surface area contributed by atoms with Crippen LogP contribution in [0.1, 0.15) is 57.2 Å². The van der Waals surface area contributed by atoms with Crippen LogP contribution in [0.25, 0.3) is 0 Å². The van der Waals surface area contributed by atoms with E-state index in [4.69, 9.17) is 0 Å². The van der Waals surface area contributed by atoms with Crippen LogP contribution in [0.3, 0.4) is 0 Å². The summed E-state index contributed by atoms with van der Waals surface area (Å²) in [5.41, 5.74) is 3.93. The Morgan fingerprint density at radius 2 is 1.41 bits per heavy atom. The van der Waals surface area contributed by atoms with Crippen molar-refractivity contribution in [3.8, 4) is 0 Å². The van der Waals surface area contributed by atoms with Crippen LogP contribution in [0.15, 0.2) is 53.4 Å². The molecule has 0 radical (unpaired) electrons. The van der Waals surface area contributed by atoms with Gasteiger partial charge in [0.2, 0.25) is 10.0 Å². The SMILES string of the molecule is CC(C)c1ccc(S(=O)(=O)N2CCN(Cc3ccc(C(C)(C)C)cc3)CC2)cc1. The largest absolute Gasteiger partial charge is 0.296 e. The Kier molecular flexibility index (Phi) is 6.51. The molecule has 1 aliphatic rings. The summed E-state index contributed by atoms with van der Waals surface area (Å²) < 4.78 is 27.6. The number of piperazine rings is 1. The van der Waals surface area contributed by atoms with E-state index >= 15 is 0 Å². The molecule has 4 nitrogen and oxygen atoms in total. The fraction of sp³-hybridized carbons (Fsp3) is 0.500. The van der Waals surface area contributed by atoms with Crippen molar-refractivity contribution in [3.63, 3.8) is 0 Å². The molecule has 5 heteroatoms. The monoisotopic (exact) mass is 414 g/mol. The predicted octanol–water partition coefficient (Wildman–Crippen LogP) is 4.61. The van der Waals surface area contributed by atoms with Crippen LogP contribution in [-0.4, -0.2) is 43.8 Å². The minimum absolute atomic E-state index is 0.159. The third-order valence-corrected chi connectivity index (χ3v) is 7.65. The third kappa shape index (κ3) is 5.27. The normalized spacial score (nSPS) is 17.0. The topological polar surface area (TPSA) is 40.6 Å². The second kappa shape index (κ2) is 8.58. The molecule has 0 N–H and O–H groups in total. The van der Waals surface area contributed by atoms with Crippen LogP contribution in [-0.2, 0) is 22.0 Å². The van der Waals surface area contributed by atoms with Crippen LogP contribution in [0.4, 0.5) is 0 Å². The maximum absolute atomic E-state index is 13.0. The van der Waals surface area contributed by atoms with Gasteiger partial charge in [0, 0.05) is 32.7 Å². The van der Waals surface area contributed by atoms with E-state index in [1.807, 2.05) is 12.1 Å². The number of hydrogen-bond acceptors (Lipinski definition) is 3. The van der Waals surface area contributed by atoms with Gasteiger partial charge in [0.25, 0.3) is 0 Å². The van der Waals surface area contributed by atoms with Crippen molar-refractivity contribution in [3.05, 3.63) is 65.2 Å². The summed E-state index contributed by atoms with van der Waals surface area (Å²) in [5, 5.41) is 0. The minimum atomic E-state index is -3.42. The molecule has 29 heavy (non-hydrogen) atoms. The van der Waals surface area contributed by atoms with Crippen molar-refractivity contribution < 1.29 is 8.42 Å². The number of nitrogens with zero attached hydrogens (tertiary/aromatic N) is 2. The fourth-order valence-corrected chi connectivity index (χ4v) is 5.09. The molecule has 1 heterocycles. The van der Waals surface area contributed by atoms with Crippen molar-refractivity contribution in [1.29, 1.82) is 0 Å². The molecule has 1 saturated heterocycles. The Bertz CT molecular complexity index is 903. The van der Waals surface area contributed by atoms with Gasteiger partial charge < -0.3 is 0 Å². The maximum Gasteiger partial charge on any atom is 0.243 e. The van der Waals surface area contributed by atoms with Gasteiger partial charge >= 0.3 is 0 Å². The molecule has 0 atom stereocenters. The van der Waals surface area contributed by atoms with Crippen LogP contribution in [0, 0.1) is 0 Å². The van der Waals surface area contributed by atoms with Crippen LogP contribution in [0.2, 0.25) is 0 Å². The van der Waals surface area contributed by atoms with E-state index < -0.39 is 10.0 Å². The molecule has 0 aliphatic carbocycles. The molecular weight excluding hydrogens is 380 g/mol. The lowest BCUT2D eigenvalue weighted by atomic mass is 9.87. The van der Waals surface area contributed by atoms with E-state index in [9.17, 15) is 8.42 Å². The van der Waals surface area contributed by atoms with E-state index in [2.05, 4.69) is 63.8 Å². The van der Waals surface area contributed by atoms with E-state index in [-0.39, 0.29) is 5.41 Å². The van der Waals surface area contributed by atoms with Crippen molar-refractivity contribution >= 4 is 10.0 Å². The highest BCUT2D eigenvalue weighted by atomic mass is 32.2. The summed E-state index contributed by atoms with van der Waals surface area (Å²) in [6, 6.07) is 16.1. The quantitative estimate of drug-likeness (QED) is 0.717. The van der Waals surface area contributed by atoms with Gasteiger partial charge in [-0.1, -0.05) is 71.0 Å². The van der Waals surface area contributed by atoms with E-state index in [1.54, 1.807) is 16.4 Å². The van der Waals surface area contributed by atoms with Gasteiger partial charge in [0.1, 0.15) is 0 Å². The van der Waals surface area contributed by atoms with Crippen molar-refractivity contribution in [2.24, 2.45) is 0 Å². The van der Waals surface area contributed by atoms with Crippen LogP contribution >= 0.6 is 0 Å². The molecule has 0 spiro atoms. The number of rotatable bonds is 5. The highest BCUT2D eigenvalue weighted by Gasteiger charge is 2.28. The molecular formula is C24H34N2O2S. The first-order valence-electron chi connectivity index (χ1n) is 10.5. The van der Waals surface area contributed by atoms with Crippen LogP contribution < -0.4 is 0 Å². The second-order valence-electron chi connectivity index (χ2n) is 9.35. The summed E-state index contributed by atoms with van der Waals surface area (Å²) in [5.74, 6) is 0.396. The zero-order valence-corrected chi connectivity index (χ0v) is 19.2. The Hall–Kier alpha value is -1.69. The van der Waals surface area contributed by atoms with Crippen LogP contribution in [0.5, 0.6) is 0 Å². The van der Waals surface area contributed by atoms with E-state index in [1.165, 1.54) is 11.1 Å². The first-order valence-corrected chi connectivity index (χ1v) is 11.9. The molecule has 0 bridgehead atoms. The molecule has 3 rings (SSSR count). The summed E-state index contributed by atoms with van der Waals surface area (Å²) in [6.45, 7) is 14.3. The molecule has 2 aromatic rings. The fourth-order valence-electron chi connectivity index (χ4n) is 3.67. The molecule has 2 aromatic carbocycles. The van der Waals surface area contributed by atoms with Crippen molar-refractivity contribution in [2.45, 2.75) is 57.4 Å². The minimum Gasteiger partial charge on any atom is -0.296 e. The van der Waals surface area contributed by atoms with Gasteiger partial charge in [-0.3, -0.25) is 4.90 Å². The predicted molar refractivity (Wildman–Crippen MR) is 120 cm³/mol. The summed E-state index contributed by atoms with van der Waals surface area (Å²) in [7, 11) is -3.42. The molecule has 0 unspecified atom stereocenters. The van der Waals surface area contributed by atoms with E-state index in [0.717, 1.165) is 25.2 Å². The summed E-state index contributed by atoms with van der Waals surface area (Å²) >= 11 is 0. The van der Waals surface area contributed by atoms with Crippen molar-refractivity contribution in [1.82, 2.24) is 9.21 Å². The number of hydrogen-bond donors (Lipinski definition) is 0. The van der Waals surface area contributed by atoms with Gasteiger partial charge in [-0.25, -0.2) is 8.42 Å². The standard InChI is InChI=1S/C24H34N2O2S/c1-19(2)21-8-12-23(13-9-21)29(27,28)26-16-14-25(15-17-26)18-20-6-10-22(11-7-20)24(3,4)5/h6-13,19H,14-18H2,1-5H3. The van der Waals surface area contributed by atoms with Gasteiger partial charge in [-0.05, 0) is 40.2 Å². The summed E-state index contributed by atoms with van der Waals surface area (Å²) in [6.07, 6.45) is 0. The lowest BCUT2D eigenvalue weighted by molar-refractivity contribution is 0.181. The molecule has 0 saturated carbocycles. The molecule has 1 aliphatic heterocycles.